The molecule has 2 saturated carbocycles. The molecule has 1 N–H and O–H groups in total. The van der Waals surface area contributed by atoms with E-state index < -0.39 is 0 Å². The zero-order valence-electron chi connectivity index (χ0n) is 13.2. The normalized spacial score (nSPS) is 31.1. The van der Waals surface area contributed by atoms with E-state index in [9.17, 15) is 0 Å². The van der Waals surface area contributed by atoms with Crippen molar-refractivity contribution in [1.29, 1.82) is 0 Å². The van der Waals surface area contributed by atoms with E-state index >= 15 is 0 Å². The highest BCUT2D eigenvalue weighted by Gasteiger charge is 2.26. The van der Waals surface area contributed by atoms with Crippen LogP contribution in [0.25, 0.3) is 0 Å². The van der Waals surface area contributed by atoms with Gasteiger partial charge in [0.1, 0.15) is 0 Å². The van der Waals surface area contributed by atoms with Crippen LogP contribution in [0.15, 0.2) is 0 Å². The first-order valence-electron chi connectivity index (χ1n) is 8.68. The van der Waals surface area contributed by atoms with Gasteiger partial charge in [-0.1, -0.05) is 44.9 Å². The van der Waals surface area contributed by atoms with Crippen LogP contribution in [0, 0.1) is 5.92 Å². The average Bonchev–Trinajstić information content (AvgIpc) is 2.39. The van der Waals surface area contributed by atoms with E-state index in [0.717, 1.165) is 12.0 Å². The van der Waals surface area contributed by atoms with Gasteiger partial charge in [-0.05, 0) is 45.7 Å². The van der Waals surface area contributed by atoms with Gasteiger partial charge in [0, 0.05) is 18.6 Å². The summed E-state index contributed by atoms with van der Waals surface area (Å²) in [5, 5.41) is 3.60. The summed E-state index contributed by atoms with van der Waals surface area (Å²) in [6.45, 7) is 1.34. The van der Waals surface area contributed by atoms with Crippen molar-refractivity contribution < 1.29 is 0 Å². The van der Waals surface area contributed by atoms with Gasteiger partial charge in [-0.2, -0.15) is 0 Å². The van der Waals surface area contributed by atoms with Crippen molar-refractivity contribution in [2.24, 2.45) is 5.92 Å². The summed E-state index contributed by atoms with van der Waals surface area (Å²) in [7, 11) is 4.54. The van der Waals surface area contributed by atoms with E-state index in [4.69, 9.17) is 0 Å². The molecule has 0 saturated heterocycles. The maximum Gasteiger partial charge on any atom is 0.0246 e. The lowest BCUT2D eigenvalue weighted by atomic mass is 9.87. The molecule has 0 heterocycles. The Kier molecular flexibility index (Phi) is 6.66. The molecule has 2 aliphatic rings. The maximum absolute atomic E-state index is 3.60. The van der Waals surface area contributed by atoms with Gasteiger partial charge >= 0.3 is 0 Å². The third kappa shape index (κ3) is 4.75. The minimum absolute atomic E-state index is 0.717. The fourth-order valence-electron chi connectivity index (χ4n) is 4.24. The maximum atomic E-state index is 3.60. The summed E-state index contributed by atoms with van der Waals surface area (Å²) in [5.74, 6) is 0.974. The molecule has 0 radical (unpaired) electrons. The molecule has 2 atom stereocenters. The first-order chi connectivity index (χ1) is 9.31. The van der Waals surface area contributed by atoms with Crippen molar-refractivity contribution in [3.63, 3.8) is 0 Å². The van der Waals surface area contributed by atoms with Crippen LogP contribution in [0.5, 0.6) is 0 Å². The van der Waals surface area contributed by atoms with Gasteiger partial charge in [0.15, 0.2) is 0 Å². The molecule has 0 bridgehead atoms. The molecule has 2 aliphatic carbocycles. The Bertz CT molecular complexity index is 235. The SMILES string of the molecule is CNC1CCCCCCC1N(C)CC1CCCCC1. The topological polar surface area (TPSA) is 15.3 Å². The molecule has 2 fully saturated rings. The van der Waals surface area contributed by atoms with Crippen molar-refractivity contribution in [2.75, 3.05) is 20.6 Å². The Morgan fingerprint density at radius 1 is 0.842 bits per heavy atom. The highest BCUT2D eigenvalue weighted by atomic mass is 15.2. The molecule has 0 aromatic heterocycles. The van der Waals surface area contributed by atoms with Crippen LogP contribution < -0.4 is 5.32 Å². The Balaban J connectivity index is 1.87. The summed E-state index contributed by atoms with van der Waals surface area (Å²) < 4.78 is 0. The van der Waals surface area contributed by atoms with Crippen LogP contribution in [-0.2, 0) is 0 Å². The first-order valence-corrected chi connectivity index (χ1v) is 8.68. The second-order valence-corrected chi connectivity index (χ2v) is 6.90. The van der Waals surface area contributed by atoms with E-state index in [-0.39, 0.29) is 0 Å². The summed E-state index contributed by atoms with van der Waals surface area (Å²) in [6, 6.07) is 1.49. The van der Waals surface area contributed by atoms with Crippen LogP contribution in [0.1, 0.15) is 70.6 Å². The predicted octanol–water partition coefficient (Wildman–Crippen LogP) is 3.81. The average molecular weight is 266 g/mol. The minimum Gasteiger partial charge on any atom is -0.315 e. The van der Waals surface area contributed by atoms with Gasteiger partial charge in [0.05, 0.1) is 0 Å². The molecule has 0 aliphatic heterocycles. The predicted molar refractivity (Wildman–Crippen MR) is 83.5 cm³/mol. The zero-order chi connectivity index (χ0) is 13.5. The number of likely N-dealkylation sites (N-methyl/N-ethyl adjacent to an activating group) is 2. The third-order valence-corrected chi connectivity index (χ3v) is 5.44. The van der Waals surface area contributed by atoms with Crippen molar-refractivity contribution in [3.05, 3.63) is 0 Å². The van der Waals surface area contributed by atoms with Gasteiger partial charge in [-0.3, -0.25) is 0 Å². The first kappa shape index (κ1) is 15.3. The van der Waals surface area contributed by atoms with Crippen LogP contribution in [0.2, 0.25) is 0 Å². The number of rotatable bonds is 4. The van der Waals surface area contributed by atoms with E-state index in [1.807, 2.05) is 0 Å². The Morgan fingerprint density at radius 3 is 2.11 bits per heavy atom. The second kappa shape index (κ2) is 8.26. The number of hydrogen-bond acceptors (Lipinski definition) is 2. The number of hydrogen-bond donors (Lipinski definition) is 1. The zero-order valence-corrected chi connectivity index (χ0v) is 13.2. The molecule has 2 nitrogen and oxygen atoms in total. The van der Waals surface area contributed by atoms with E-state index in [0.29, 0.717) is 6.04 Å². The molecule has 0 aromatic carbocycles. The molecule has 112 valence electrons. The standard InChI is InChI=1S/C17H34N2/c1-18-16-12-8-3-4-9-13-17(16)19(2)14-15-10-6-5-7-11-15/h15-18H,3-14H2,1-2H3. The van der Waals surface area contributed by atoms with Crippen molar-refractivity contribution >= 4 is 0 Å². The molecule has 2 heteroatoms. The molecule has 0 spiro atoms. The van der Waals surface area contributed by atoms with Gasteiger partial charge in [0.2, 0.25) is 0 Å². The highest BCUT2D eigenvalue weighted by molar-refractivity contribution is 4.85. The quantitative estimate of drug-likeness (QED) is 0.832. The van der Waals surface area contributed by atoms with Crippen molar-refractivity contribution in [1.82, 2.24) is 10.2 Å². The molecular weight excluding hydrogens is 232 g/mol. The van der Waals surface area contributed by atoms with Gasteiger partial charge in [0.25, 0.3) is 0 Å². The summed E-state index contributed by atoms with van der Waals surface area (Å²) >= 11 is 0. The molecule has 2 rings (SSSR count). The van der Waals surface area contributed by atoms with E-state index in [1.54, 1.807) is 0 Å². The van der Waals surface area contributed by atoms with Crippen LogP contribution in [0.3, 0.4) is 0 Å². The Hall–Kier alpha value is -0.0800. The fraction of sp³-hybridized carbons (Fsp3) is 1.00. The van der Waals surface area contributed by atoms with Gasteiger partial charge in [-0.25, -0.2) is 0 Å². The van der Waals surface area contributed by atoms with Gasteiger partial charge < -0.3 is 10.2 Å². The van der Waals surface area contributed by atoms with E-state index in [2.05, 4.69) is 24.3 Å². The Morgan fingerprint density at radius 2 is 1.42 bits per heavy atom. The van der Waals surface area contributed by atoms with Crippen molar-refractivity contribution in [3.8, 4) is 0 Å². The second-order valence-electron chi connectivity index (χ2n) is 6.90. The summed E-state index contributed by atoms with van der Waals surface area (Å²) in [6.07, 6.45) is 15.9. The van der Waals surface area contributed by atoms with Crippen molar-refractivity contribution in [2.45, 2.75) is 82.7 Å². The Labute approximate surface area is 120 Å². The largest absolute Gasteiger partial charge is 0.315 e. The minimum atomic E-state index is 0.717. The summed E-state index contributed by atoms with van der Waals surface area (Å²) in [5.41, 5.74) is 0. The number of nitrogens with one attached hydrogen (secondary N) is 1. The van der Waals surface area contributed by atoms with Crippen LogP contribution in [0.4, 0.5) is 0 Å². The van der Waals surface area contributed by atoms with Gasteiger partial charge in [-0.15, -0.1) is 0 Å². The lowest BCUT2D eigenvalue weighted by molar-refractivity contribution is 0.134. The fourth-order valence-corrected chi connectivity index (χ4v) is 4.24. The lowest BCUT2D eigenvalue weighted by Gasteiger charge is -2.38. The smallest absolute Gasteiger partial charge is 0.0246 e. The van der Waals surface area contributed by atoms with Crippen LogP contribution >= 0.6 is 0 Å². The third-order valence-electron chi connectivity index (χ3n) is 5.44. The summed E-state index contributed by atoms with van der Waals surface area (Å²) in [4.78, 5) is 2.70. The molecule has 0 aromatic rings. The highest BCUT2D eigenvalue weighted by Crippen LogP contribution is 2.27. The monoisotopic (exact) mass is 266 g/mol. The van der Waals surface area contributed by atoms with Crippen LogP contribution in [-0.4, -0.2) is 37.6 Å². The molecule has 0 amide bonds. The lowest BCUT2D eigenvalue weighted by Crippen LogP contribution is -2.49. The number of nitrogens with zero attached hydrogens (tertiary/aromatic N) is 1. The molecule has 19 heavy (non-hydrogen) atoms. The molecular formula is C17H34N2. The molecule has 2 unspecified atom stereocenters. The van der Waals surface area contributed by atoms with E-state index in [1.165, 1.54) is 77.2 Å².